The number of carbonyl (C=O) groups excluding carboxylic acids is 4. The molecule has 35 heavy (non-hydrogen) atoms. The molecule has 0 aromatic heterocycles. The molecular weight excluding hydrogens is 473 g/mol. The number of anilines is 2. The highest BCUT2D eigenvalue weighted by molar-refractivity contribution is 8.00. The van der Waals surface area contributed by atoms with E-state index in [2.05, 4.69) is 10.6 Å². The van der Waals surface area contributed by atoms with Gasteiger partial charge in [-0.15, -0.1) is 11.8 Å². The standard InChI is InChI=1S/C25H22FN3O5S/c1-15(24(32)29-19-10-6-16(7-11-19)23(27)31)34-25(33)20-4-2-3-5-21(20)35-14-22(30)28-18-12-8-17(26)9-13-18/h2-13,15H,14H2,1H3,(H2,27,31)(H,28,30)(H,29,32). The average Bonchev–Trinajstić information content (AvgIpc) is 2.84. The minimum absolute atomic E-state index is 0.000984. The molecule has 10 heteroatoms. The van der Waals surface area contributed by atoms with Gasteiger partial charge in [0, 0.05) is 21.8 Å². The van der Waals surface area contributed by atoms with Crippen LogP contribution in [-0.4, -0.2) is 35.5 Å². The third-order valence-electron chi connectivity index (χ3n) is 4.68. The van der Waals surface area contributed by atoms with Gasteiger partial charge in [0.15, 0.2) is 6.10 Å². The van der Waals surface area contributed by atoms with Gasteiger partial charge in [-0.1, -0.05) is 12.1 Å². The van der Waals surface area contributed by atoms with E-state index in [1.807, 2.05) is 0 Å². The molecule has 0 spiro atoms. The fourth-order valence-corrected chi connectivity index (χ4v) is 3.71. The second kappa shape index (κ2) is 11.8. The second-order valence-electron chi connectivity index (χ2n) is 7.32. The van der Waals surface area contributed by atoms with Gasteiger partial charge >= 0.3 is 5.97 Å². The molecule has 3 rings (SSSR count). The monoisotopic (exact) mass is 495 g/mol. The fourth-order valence-electron chi connectivity index (χ4n) is 2.87. The van der Waals surface area contributed by atoms with Crippen molar-refractivity contribution in [3.05, 3.63) is 89.7 Å². The SMILES string of the molecule is CC(OC(=O)c1ccccc1SCC(=O)Nc1ccc(F)cc1)C(=O)Nc1ccc(C(N)=O)cc1. The predicted molar refractivity (Wildman–Crippen MR) is 131 cm³/mol. The van der Waals surface area contributed by atoms with E-state index in [-0.39, 0.29) is 17.2 Å². The topological polar surface area (TPSA) is 128 Å². The number of ether oxygens (including phenoxy) is 1. The molecule has 4 N–H and O–H groups in total. The van der Waals surface area contributed by atoms with Crippen LogP contribution in [0.15, 0.2) is 77.7 Å². The van der Waals surface area contributed by atoms with Crippen LogP contribution in [0.3, 0.4) is 0 Å². The van der Waals surface area contributed by atoms with Gasteiger partial charge in [0.05, 0.1) is 11.3 Å². The van der Waals surface area contributed by atoms with E-state index in [0.717, 1.165) is 11.8 Å². The van der Waals surface area contributed by atoms with Gasteiger partial charge in [-0.2, -0.15) is 0 Å². The summed E-state index contributed by atoms with van der Waals surface area (Å²) in [4.78, 5) is 49.0. The van der Waals surface area contributed by atoms with Crippen LogP contribution >= 0.6 is 11.8 Å². The van der Waals surface area contributed by atoms with Gasteiger partial charge in [0.1, 0.15) is 5.82 Å². The average molecular weight is 496 g/mol. The maximum Gasteiger partial charge on any atom is 0.340 e. The maximum atomic E-state index is 13.0. The number of hydrogen-bond donors (Lipinski definition) is 3. The van der Waals surface area contributed by atoms with Gasteiger partial charge in [-0.3, -0.25) is 14.4 Å². The zero-order valence-corrected chi connectivity index (χ0v) is 19.4. The van der Waals surface area contributed by atoms with Crippen molar-refractivity contribution in [2.75, 3.05) is 16.4 Å². The lowest BCUT2D eigenvalue weighted by atomic mass is 10.2. The van der Waals surface area contributed by atoms with Crippen LogP contribution in [0.1, 0.15) is 27.6 Å². The number of carbonyl (C=O) groups is 4. The van der Waals surface area contributed by atoms with Crippen LogP contribution in [0.4, 0.5) is 15.8 Å². The molecule has 3 aromatic rings. The van der Waals surface area contributed by atoms with E-state index in [4.69, 9.17) is 10.5 Å². The summed E-state index contributed by atoms with van der Waals surface area (Å²) in [5.74, 6) is -2.62. The van der Waals surface area contributed by atoms with Crippen molar-refractivity contribution in [2.24, 2.45) is 5.73 Å². The first-order valence-corrected chi connectivity index (χ1v) is 11.4. The molecule has 3 amide bonds. The largest absolute Gasteiger partial charge is 0.449 e. The highest BCUT2D eigenvalue weighted by Gasteiger charge is 2.21. The summed E-state index contributed by atoms with van der Waals surface area (Å²) in [6, 6.07) is 17.9. The Bertz CT molecular complexity index is 1230. The molecule has 1 unspecified atom stereocenters. The van der Waals surface area contributed by atoms with Crippen molar-refractivity contribution in [2.45, 2.75) is 17.9 Å². The van der Waals surface area contributed by atoms with Crippen LogP contribution in [-0.2, 0) is 14.3 Å². The number of nitrogens with one attached hydrogen (secondary N) is 2. The third kappa shape index (κ3) is 7.41. The summed E-state index contributed by atoms with van der Waals surface area (Å²) in [5, 5.41) is 5.24. The number of amides is 3. The number of rotatable bonds is 9. The van der Waals surface area contributed by atoms with Gasteiger partial charge in [0.2, 0.25) is 11.8 Å². The molecule has 0 aliphatic rings. The summed E-state index contributed by atoms with van der Waals surface area (Å²) in [6.45, 7) is 1.43. The molecule has 3 aromatic carbocycles. The number of esters is 1. The minimum atomic E-state index is -1.11. The molecule has 1 atom stereocenters. The molecule has 0 radical (unpaired) electrons. The summed E-state index contributed by atoms with van der Waals surface area (Å²) >= 11 is 1.12. The highest BCUT2D eigenvalue weighted by atomic mass is 32.2. The van der Waals surface area contributed by atoms with E-state index < -0.39 is 29.7 Å². The highest BCUT2D eigenvalue weighted by Crippen LogP contribution is 2.24. The zero-order valence-electron chi connectivity index (χ0n) is 18.6. The molecule has 0 saturated heterocycles. The summed E-state index contributed by atoms with van der Waals surface area (Å²) in [6.07, 6.45) is -1.11. The molecule has 0 saturated carbocycles. The number of hydrogen-bond acceptors (Lipinski definition) is 6. The van der Waals surface area contributed by atoms with Crippen LogP contribution < -0.4 is 16.4 Å². The molecule has 0 fully saturated rings. The Balaban J connectivity index is 1.57. The first kappa shape index (κ1) is 25.4. The van der Waals surface area contributed by atoms with Crippen LogP contribution in [0.5, 0.6) is 0 Å². The Hall–Kier alpha value is -4.18. The first-order valence-electron chi connectivity index (χ1n) is 10.4. The normalized spacial score (nSPS) is 11.3. The van der Waals surface area contributed by atoms with Crippen molar-refractivity contribution >= 4 is 46.8 Å². The third-order valence-corrected chi connectivity index (χ3v) is 5.76. The van der Waals surface area contributed by atoms with E-state index in [1.165, 1.54) is 61.5 Å². The lowest BCUT2D eigenvalue weighted by Gasteiger charge is -2.15. The van der Waals surface area contributed by atoms with Crippen molar-refractivity contribution < 1.29 is 28.3 Å². The van der Waals surface area contributed by atoms with Crippen LogP contribution in [0, 0.1) is 5.82 Å². The van der Waals surface area contributed by atoms with Gasteiger partial charge in [-0.05, 0) is 67.6 Å². The van der Waals surface area contributed by atoms with Crippen LogP contribution in [0.25, 0.3) is 0 Å². The van der Waals surface area contributed by atoms with Crippen LogP contribution in [0.2, 0.25) is 0 Å². The Labute approximate surface area is 205 Å². The van der Waals surface area contributed by atoms with Crippen molar-refractivity contribution in [3.63, 3.8) is 0 Å². The van der Waals surface area contributed by atoms with Gasteiger partial charge in [-0.25, -0.2) is 9.18 Å². The molecule has 0 heterocycles. The number of halogens is 1. The van der Waals surface area contributed by atoms with Crippen molar-refractivity contribution in [3.8, 4) is 0 Å². The number of thioether (sulfide) groups is 1. The molecule has 8 nitrogen and oxygen atoms in total. The van der Waals surface area contributed by atoms with E-state index in [1.54, 1.807) is 18.2 Å². The number of benzene rings is 3. The maximum absolute atomic E-state index is 13.0. The lowest BCUT2D eigenvalue weighted by Crippen LogP contribution is -2.30. The van der Waals surface area contributed by atoms with Crippen molar-refractivity contribution in [1.29, 1.82) is 0 Å². The second-order valence-corrected chi connectivity index (χ2v) is 8.34. The summed E-state index contributed by atoms with van der Waals surface area (Å²) < 4.78 is 18.3. The fraction of sp³-hybridized carbons (Fsp3) is 0.120. The van der Waals surface area contributed by atoms with E-state index >= 15 is 0 Å². The summed E-state index contributed by atoms with van der Waals surface area (Å²) in [7, 11) is 0. The molecule has 180 valence electrons. The molecule has 0 aliphatic heterocycles. The zero-order chi connectivity index (χ0) is 25.4. The Kier molecular flexibility index (Phi) is 8.58. The summed E-state index contributed by atoms with van der Waals surface area (Å²) in [5.41, 5.74) is 6.55. The van der Waals surface area contributed by atoms with E-state index in [9.17, 15) is 23.6 Å². The van der Waals surface area contributed by atoms with Crippen molar-refractivity contribution in [1.82, 2.24) is 0 Å². The van der Waals surface area contributed by atoms with E-state index in [0.29, 0.717) is 21.8 Å². The Morgan fingerprint density at radius 1 is 0.914 bits per heavy atom. The Morgan fingerprint density at radius 3 is 2.17 bits per heavy atom. The smallest absolute Gasteiger partial charge is 0.340 e. The van der Waals surface area contributed by atoms with Gasteiger partial charge < -0.3 is 21.1 Å². The minimum Gasteiger partial charge on any atom is -0.449 e. The Morgan fingerprint density at radius 2 is 1.51 bits per heavy atom. The quantitative estimate of drug-likeness (QED) is 0.306. The molecule has 0 aliphatic carbocycles. The lowest BCUT2D eigenvalue weighted by molar-refractivity contribution is -0.123. The molecule has 0 bridgehead atoms. The molecular formula is C25H22FN3O5S. The van der Waals surface area contributed by atoms with Gasteiger partial charge in [0.25, 0.3) is 5.91 Å². The predicted octanol–water partition coefficient (Wildman–Crippen LogP) is 3.84. The number of primary amides is 1. The number of nitrogens with two attached hydrogens (primary N) is 1. The first-order chi connectivity index (χ1) is 16.7.